The molecule has 0 heterocycles. The first kappa shape index (κ1) is 15.9. The number of rotatable bonds is 6. The maximum Gasteiger partial charge on any atom is 0.441 e. The van der Waals surface area contributed by atoms with Gasteiger partial charge >= 0.3 is 11.7 Å². The van der Waals surface area contributed by atoms with E-state index in [9.17, 15) is 26.3 Å². The third kappa shape index (κ3) is 10.4. The molecule has 0 aromatic rings. The Hall–Kier alpha value is -0.150. The lowest BCUT2D eigenvalue weighted by atomic mass is 10.4. The fourth-order valence-electron chi connectivity index (χ4n) is 0.955. The van der Waals surface area contributed by atoms with Gasteiger partial charge in [-0.15, -0.1) is 0 Å². The van der Waals surface area contributed by atoms with Gasteiger partial charge in [-0.3, -0.25) is 4.90 Å². The molecule has 98 valence electrons. The second-order valence-corrected chi connectivity index (χ2v) is 4.07. The van der Waals surface area contributed by atoms with Crippen LogP contribution < -0.4 is 0 Å². The van der Waals surface area contributed by atoms with E-state index in [-0.39, 0.29) is 24.9 Å². The molecule has 0 spiro atoms. The maximum absolute atomic E-state index is 11.9. The predicted octanol–water partition coefficient (Wildman–Crippen LogP) is 2.10. The maximum atomic E-state index is 11.9. The van der Waals surface area contributed by atoms with E-state index >= 15 is 0 Å². The molecule has 0 rings (SSSR count). The Labute approximate surface area is 92.6 Å². The summed E-state index contributed by atoms with van der Waals surface area (Å²) in [6.07, 6.45) is -4.47. The molecule has 0 aliphatic heterocycles. The summed E-state index contributed by atoms with van der Waals surface area (Å²) in [4.78, 5) is 0.735. The van der Waals surface area contributed by atoms with Crippen molar-refractivity contribution >= 4 is 11.8 Å². The number of aliphatic hydroxyl groups is 1. The van der Waals surface area contributed by atoms with Crippen LogP contribution in [0.4, 0.5) is 26.3 Å². The van der Waals surface area contributed by atoms with Crippen molar-refractivity contribution in [3.63, 3.8) is 0 Å². The van der Waals surface area contributed by atoms with Crippen molar-refractivity contribution in [2.45, 2.75) is 11.7 Å². The number of thioether (sulfide) groups is 1. The Morgan fingerprint density at radius 2 is 1.56 bits per heavy atom. The highest BCUT2D eigenvalue weighted by atomic mass is 32.2. The van der Waals surface area contributed by atoms with Gasteiger partial charge < -0.3 is 5.11 Å². The molecule has 1 N–H and O–H groups in total. The largest absolute Gasteiger partial charge is 0.441 e. The molecule has 0 bridgehead atoms. The van der Waals surface area contributed by atoms with E-state index in [0.717, 1.165) is 4.90 Å². The fraction of sp³-hybridized carbons (Fsp3) is 1.00. The standard InChI is InChI=1S/C7H11F6NOS/c8-6(9,10)5-14(1-3-15)2-4-16-7(11,12)13/h15H,1-5H2. The average molecular weight is 271 g/mol. The van der Waals surface area contributed by atoms with Crippen LogP contribution in [0.25, 0.3) is 0 Å². The first-order valence-electron chi connectivity index (χ1n) is 4.25. The van der Waals surface area contributed by atoms with Crippen LogP contribution in [-0.2, 0) is 0 Å². The second kappa shape index (κ2) is 6.55. The number of alkyl halides is 6. The van der Waals surface area contributed by atoms with Crippen LogP contribution >= 0.6 is 11.8 Å². The van der Waals surface area contributed by atoms with Gasteiger partial charge in [-0.1, -0.05) is 0 Å². The van der Waals surface area contributed by atoms with Gasteiger partial charge in [0, 0.05) is 18.8 Å². The van der Waals surface area contributed by atoms with Gasteiger partial charge in [0.2, 0.25) is 0 Å². The van der Waals surface area contributed by atoms with Gasteiger partial charge in [0.25, 0.3) is 0 Å². The first-order chi connectivity index (χ1) is 7.14. The van der Waals surface area contributed by atoms with Gasteiger partial charge in [0.15, 0.2) is 0 Å². The summed E-state index contributed by atoms with van der Waals surface area (Å²) in [5.74, 6) is -0.487. The topological polar surface area (TPSA) is 23.5 Å². The molecular weight excluding hydrogens is 260 g/mol. The minimum absolute atomic E-state index is 0.294. The Morgan fingerprint density at radius 1 is 1.00 bits per heavy atom. The molecule has 9 heteroatoms. The smallest absolute Gasteiger partial charge is 0.395 e. The number of halogens is 6. The number of nitrogens with zero attached hydrogens (tertiary/aromatic N) is 1. The summed E-state index contributed by atoms with van der Waals surface area (Å²) in [6, 6.07) is 0. The van der Waals surface area contributed by atoms with Crippen molar-refractivity contribution in [2.75, 3.05) is 32.0 Å². The molecule has 0 aromatic carbocycles. The minimum Gasteiger partial charge on any atom is -0.395 e. The predicted molar refractivity (Wildman–Crippen MR) is 48.1 cm³/mol. The Kier molecular flexibility index (Phi) is 6.49. The highest BCUT2D eigenvalue weighted by Crippen LogP contribution is 2.30. The molecule has 0 radical (unpaired) electrons. The average Bonchev–Trinajstić information content (AvgIpc) is 1.98. The van der Waals surface area contributed by atoms with E-state index < -0.39 is 30.6 Å². The van der Waals surface area contributed by atoms with Gasteiger partial charge in [0.1, 0.15) is 0 Å². The first-order valence-corrected chi connectivity index (χ1v) is 5.23. The number of aliphatic hydroxyl groups excluding tert-OH is 1. The Balaban J connectivity index is 3.95. The summed E-state index contributed by atoms with van der Waals surface area (Å²) in [5.41, 5.74) is -4.44. The molecule has 0 aliphatic carbocycles. The molecule has 0 fully saturated rings. The van der Waals surface area contributed by atoms with Crippen molar-refractivity contribution in [1.29, 1.82) is 0 Å². The lowest BCUT2D eigenvalue weighted by Crippen LogP contribution is -2.37. The van der Waals surface area contributed by atoms with E-state index in [1.54, 1.807) is 0 Å². The summed E-state index contributed by atoms with van der Waals surface area (Å²) in [5, 5.41) is 8.45. The molecule has 0 atom stereocenters. The molecule has 0 aromatic heterocycles. The van der Waals surface area contributed by atoms with E-state index in [1.165, 1.54) is 0 Å². The third-order valence-corrected chi connectivity index (χ3v) is 2.21. The quantitative estimate of drug-likeness (QED) is 0.748. The van der Waals surface area contributed by atoms with Crippen LogP contribution in [-0.4, -0.2) is 53.7 Å². The zero-order valence-corrected chi connectivity index (χ0v) is 8.92. The van der Waals surface area contributed by atoms with Crippen molar-refractivity contribution < 1.29 is 31.4 Å². The van der Waals surface area contributed by atoms with Crippen LogP contribution in [0.3, 0.4) is 0 Å². The zero-order valence-electron chi connectivity index (χ0n) is 8.11. The molecule has 0 unspecified atom stereocenters. The number of hydrogen-bond donors (Lipinski definition) is 1. The SMILES string of the molecule is OCCN(CCSC(F)(F)F)CC(F)(F)F. The normalized spacial score (nSPS) is 13.5. The lowest BCUT2D eigenvalue weighted by Gasteiger charge is -2.22. The Morgan fingerprint density at radius 3 is 1.94 bits per heavy atom. The summed E-state index contributed by atoms with van der Waals surface area (Å²) in [7, 11) is 0. The summed E-state index contributed by atoms with van der Waals surface area (Å²) >= 11 is -0.377. The van der Waals surface area contributed by atoms with E-state index in [0.29, 0.717) is 0 Å². The number of hydrogen-bond acceptors (Lipinski definition) is 3. The second-order valence-electron chi connectivity index (χ2n) is 2.91. The van der Waals surface area contributed by atoms with Gasteiger partial charge in [0.05, 0.1) is 13.2 Å². The van der Waals surface area contributed by atoms with Gasteiger partial charge in [-0.25, -0.2) is 0 Å². The fourth-order valence-corrected chi connectivity index (χ4v) is 1.54. The van der Waals surface area contributed by atoms with Gasteiger partial charge in [-0.05, 0) is 11.8 Å². The molecule has 2 nitrogen and oxygen atoms in total. The van der Waals surface area contributed by atoms with Crippen molar-refractivity contribution in [3.05, 3.63) is 0 Å². The van der Waals surface area contributed by atoms with Crippen LogP contribution in [0.5, 0.6) is 0 Å². The van der Waals surface area contributed by atoms with Crippen molar-refractivity contribution in [3.8, 4) is 0 Å². The molecular formula is C7H11F6NOS. The Bertz CT molecular complexity index is 194. The minimum atomic E-state index is -4.47. The molecule has 0 aliphatic rings. The van der Waals surface area contributed by atoms with Crippen molar-refractivity contribution in [1.82, 2.24) is 4.90 Å². The third-order valence-electron chi connectivity index (χ3n) is 1.49. The van der Waals surface area contributed by atoms with Crippen molar-refractivity contribution in [2.24, 2.45) is 0 Å². The molecule has 16 heavy (non-hydrogen) atoms. The van der Waals surface area contributed by atoms with Crippen LogP contribution in [0.15, 0.2) is 0 Å². The van der Waals surface area contributed by atoms with Crippen LogP contribution in [0, 0.1) is 0 Å². The molecule has 0 amide bonds. The van der Waals surface area contributed by atoms with Crippen LogP contribution in [0.1, 0.15) is 0 Å². The molecule has 0 saturated heterocycles. The lowest BCUT2D eigenvalue weighted by molar-refractivity contribution is -0.146. The summed E-state index contributed by atoms with van der Waals surface area (Å²) < 4.78 is 70.9. The highest BCUT2D eigenvalue weighted by molar-refractivity contribution is 8.00. The highest BCUT2D eigenvalue weighted by Gasteiger charge is 2.32. The monoisotopic (exact) mass is 271 g/mol. The van der Waals surface area contributed by atoms with Gasteiger partial charge in [-0.2, -0.15) is 26.3 Å². The van der Waals surface area contributed by atoms with E-state index in [1.807, 2.05) is 0 Å². The molecule has 0 saturated carbocycles. The summed E-state index contributed by atoms with van der Waals surface area (Å²) in [6.45, 7) is -2.50. The van der Waals surface area contributed by atoms with E-state index in [4.69, 9.17) is 5.11 Å². The van der Waals surface area contributed by atoms with E-state index in [2.05, 4.69) is 0 Å². The zero-order chi connectivity index (χ0) is 12.8. The van der Waals surface area contributed by atoms with Crippen LogP contribution in [0.2, 0.25) is 0 Å².